The predicted molar refractivity (Wildman–Crippen MR) is 65.6 cm³/mol. The van der Waals surface area contributed by atoms with Crippen LogP contribution in [-0.4, -0.2) is 9.55 Å². The molecule has 0 aliphatic heterocycles. The number of rotatable bonds is 2. The van der Waals surface area contributed by atoms with Crippen molar-refractivity contribution in [1.29, 1.82) is 5.26 Å². The molecule has 0 amide bonds. The number of nitriles is 1. The molecule has 2 aromatic rings. The first-order chi connectivity index (χ1) is 8.15. The molecule has 2 rings (SSSR count). The van der Waals surface area contributed by atoms with E-state index < -0.39 is 0 Å². The van der Waals surface area contributed by atoms with Crippen LogP contribution in [0.4, 0.5) is 4.39 Å². The Kier molecular flexibility index (Phi) is 3.25. The summed E-state index contributed by atoms with van der Waals surface area (Å²) in [4.78, 5) is 4.25. The highest BCUT2D eigenvalue weighted by molar-refractivity contribution is 9.10. The van der Waals surface area contributed by atoms with Gasteiger partial charge < -0.3 is 4.57 Å². The van der Waals surface area contributed by atoms with Crippen molar-refractivity contribution in [3.05, 3.63) is 40.4 Å². The quantitative estimate of drug-likeness (QED) is 0.854. The van der Waals surface area contributed by atoms with Crippen LogP contribution >= 0.6 is 15.9 Å². The maximum absolute atomic E-state index is 13.6. The van der Waals surface area contributed by atoms with Gasteiger partial charge in [-0.2, -0.15) is 5.26 Å². The van der Waals surface area contributed by atoms with E-state index in [9.17, 15) is 4.39 Å². The monoisotopic (exact) mass is 293 g/mol. The molecular weight excluding hydrogens is 285 g/mol. The molecule has 3 nitrogen and oxygen atoms in total. The number of benzene rings is 1. The maximum Gasteiger partial charge on any atom is 0.144 e. The summed E-state index contributed by atoms with van der Waals surface area (Å²) >= 11 is 3.29. The van der Waals surface area contributed by atoms with Crippen LogP contribution in [0.25, 0.3) is 11.4 Å². The van der Waals surface area contributed by atoms with Crippen molar-refractivity contribution < 1.29 is 4.39 Å². The second kappa shape index (κ2) is 4.68. The van der Waals surface area contributed by atoms with E-state index in [2.05, 4.69) is 27.0 Å². The SMILES string of the molecule is Cn1c(-c2ccccc2F)nc(Br)c1CC#N. The number of hydrogen-bond acceptors (Lipinski definition) is 2. The van der Waals surface area contributed by atoms with Gasteiger partial charge in [0.15, 0.2) is 0 Å². The minimum Gasteiger partial charge on any atom is -0.329 e. The first-order valence-electron chi connectivity index (χ1n) is 4.98. The summed E-state index contributed by atoms with van der Waals surface area (Å²) in [6.07, 6.45) is 0.235. The standard InChI is InChI=1S/C12H9BrFN3/c1-17-10(6-7-15)11(13)16-12(17)8-4-2-3-5-9(8)14/h2-5H,6H2,1H3. The Bertz CT molecular complexity index is 598. The topological polar surface area (TPSA) is 41.6 Å². The number of imidazole rings is 1. The summed E-state index contributed by atoms with van der Waals surface area (Å²) in [7, 11) is 1.77. The molecule has 0 atom stereocenters. The van der Waals surface area contributed by atoms with Crippen molar-refractivity contribution in [1.82, 2.24) is 9.55 Å². The third-order valence-corrected chi connectivity index (χ3v) is 3.16. The summed E-state index contributed by atoms with van der Waals surface area (Å²) in [6, 6.07) is 8.51. The van der Waals surface area contributed by atoms with E-state index in [-0.39, 0.29) is 12.2 Å². The zero-order valence-electron chi connectivity index (χ0n) is 9.11. The van der Waals surface area contributed by atoms with Crippen LogP contribution in [0, 0.1) is 17.1 Å². The lowest BCUT2D eigenvalue weighted by molar-refractivity contribution is 0.628. The van der Waals surface area contributed by atoms with Gasteiger partial charge in [-0.3, -0.25) is 0 Å². The third kappa shape index (κ3) is 2.08. The highest BCUT2D eigenvalue weighted by atomic mass is 79.9. The molecule has 0 aliphatic rings. The van der Waals surface area contributed by atoms with Gasteiger partial charge >= 0.3 is 0 Å². The molecule has 1 heterocycles. The molecule has 0 N–H and O–H groups in total. The molecule has 0 radical (unpaired) electrons. The maximum atomic E-state index is 13.6. The Morgan fingerprint density at radius 2 is 2.18 bits per heavy atom. The van der Waals surface area contributed by atoms with Crippen LogP contribution in [0.2, 0.25) is 0 Å². The molecule has 1 aromatic heterocycles. The van der Waals surface area contributed by atoms with Crippen LogP contribution in [0.1, 0.15) is 5.69 Å². The fourth-order valence-corrected chi connectivity index (χ4v) is 2.22. The first kappa shape index (κ1) is 11.8. The number of hydrogen-bond donors (Lipinski definition) is 0. The van der Waals surface area contributed by atoms with Crippen molar-refractivity contribution in [3.63, 3.8) is 0 Å². The number of halogens is 2. The Balaban J connectivity index is 2.59. The molecule has 0 spiro atoms. The van der Waals surface area contributed by atoms with E-state index in [0.717, 1.165) is 5.69 Å². The van der Waals surface area contributed by atoms with Crippen LogP contribution in [0.15, 0.2) is 28.9 Å². The Morgan fingerprint density at radius 3 is 2.82 bits per heavy atom. The van der Waals surface area contributed by atoms with Crippen LogP contribution in [-0.2, 0) is 13.5 Å². The fraction of sp³-hybridized carbons (Fsp3) is 0.167. The molecule has 0 fully saturated rings. The van der Waals surface area contributed by atoms with Crippen molar-refractivity contribution >= 4 is 15.9 Å². The van der Waals surface area contributed by atoms with Gasteiger partial charge in [0, 0.05) is 7.05 Å². The predicted octanol–water partition coefficient (Wildman–Crippen LogP) is 3.05. The summed E-state index contributed by atoms with van der Waals surface area (Å²) in [5.74, 6) is 0.192. The summed E-state index contributed by atoms with van der Waals surface area (Å²) in [5.41, 5.74) is 1.17. The molecule has 0 unspecified atom stereocenters. The van der Waals surface area contributed by atoms with Crippen LogP contribution < -0.4 is 0 Å². The highest BCUT2D eigenvalue weighted by Crippen LogP contribution is 2.26. The Morgan fingerprint density at radius 1 is 1.47 bits per heavy atom. The normalized spacial score (nSPS) is 10.2. The van der Waals surface area contributed by atoms with Crippen molar-refractivity contribution in [3.8, 4) is 17.5 Å². The summed E-state index contributed by atoms with van der Waals surface area (Å²) < 4.78 is 16.0. The lowest BCUT2D eigenvalue weighted by Crippen LogP contribution is -1.99. The average molecular weight is 294 g/mol. The van der Waals surface area contributed by atoms with Crippen LogP contribution in [0.3, 0.4) is 0 Å². The van der Waals surface area contributed by atoms with E-state index in [1.807, 2.05) is 0 Å². The molecule has 1 aromatic carbocycles. The van der Waals surface area contributed by atoms with Gasteiger partial charge in [0.2, 0.25) is 0 Å². The zero-order chi connectivity index (χ0) is 12.4. The van der Waals surface area contributed by atoms with E-state index in [1.54, 1.807) is 29.8 Å². The van der Waals surface area contributed by atoms with Gasteiger partial charge in [0.1, 0.15) is 16.2 Å². The zero-order valence-corrected chi connectivity index (χ0v) is 10.7. The lowest BCUT2D eigenvalue weighted by atomic mass is 10.2. The van der Waals surface area contributed by atoms with Crippen LogP contribution in [0.5, 0.6) is 0 Å². The molecule has 5 heteroatoms. The fourth-order valence-electron chi connectivity index (χ4n) is 1.65. The number of aromatic nitrogens is 2. The molecule has 0 aliphatic carbocycles. The van der Waals surface area contributed by atoms with E-state index in [4.69, 9.17) is 5.26 Å². The van der Waals surface area contributed by atoms with Gasteiger partial charge in [0.25, 0.3) is 0 Å². The van der Waals surface area contributed by atoms with E-state index in [1.165, 1.54) is 6.07 Å². The minimum atomic E-state index is -0.323. The lowest BCUT2D eigenvalue weighted by Gasteiger charge is -2.04. The molecule has 17 heavy (non-hydrogen) atoms. The molecule has 86 valence electrons. The van der Waals surface area contributed by atoms with Gasteiger partial charge in [-0.15, -0.1) is 0 Å². The van der Waals surface area contributed by atoms with Crippen molar-refractivity contribution in [2.75, 3.05) is 0 Å². The Labute approximate surface area is 107 Å². The first-order valence-corrected chi connectivity index (χ1v) is 5.77. The second-order valence-electron chi connectivity index (χ2n) is 3.55. The highest BCUT2D eigenvalue weighted by Gasteiger charge is 2.16. The molecule has 0 bridgehead atoms. The van der Waals surface area contributed by atoms with Crippen molar-refractivity contribution in [2.45, 2.75) is 6.42 Å². The Hall–Kier alpha value is -1.67. The van der Waals surface area contributed by atoms with E-state index >= 15 is 0 Å². The van der Waals surface area contributed by atoms with Gasteiger partial charge in [0.05, 0.1) is 23.7 Å². The third-order valence-electron chi connectivity index (χ3n) is 2.53. The number of nitrogens with zero attached hydrogens (tertiary/aromatic N) is 3. The molecule has 0 saturated heterocycles. The summed E-state index contributed by atoms with van der Waals surface area (Å²) in [6.45, 7) is 0. The largest absolute Gasteiger partial charge is 0.329 e. The molecular formula is C12H9BrFN3. The average Bonchev–Trinajstić information content (AvgIpc) is 2.58. The van der Waals surface area contributed by atoms with Gasteiger partial charge in [-0.05, 0) is 28.1 Å². The summed E-state index contributed by atoms with van der Waals surface area (Å²) in [5, 5.41) is 8.72. The van der Waals surface area contributed by atoms with Crippen molar-refractivity contribution in [2.24, 2.45) is 7.05 Å². The second-order valence-corrected chi connectivity index (χ2v) is 4.30. The van der Waals surface area contributed by atoms with E-state index in [0.29, 0.717) is 16.0 Å². The minimum absolute atomic E-state index is 0.235. The van der Waals surface area contributed by atoms with Gasteiger partial charge in [-0.25, -0.2) is 9.37 Å². The van der Waals surface area contributed by atoms with Gasteiger partial charge in [-0.1, -0.05) is 12.1 Å². The smallest absolute Gasteiger partial charge is 0.144 e. The molecule has 0 saturated carbocycles.